The number of likely N-dealkylation sites (N-methyl/N-ethyl adjacent to an activating group) is 1. The summed E-state index contributed by atoms with van der Waals surface area (Å²) >= 11 is 0. The van der Waals surface area contributed by atoms with Crippen molar-refractivity contribution >= 4 is 5.78 Å². The number of hydrogen-bond donors (Lipinski definition) is 1. The highest BCUT2D eigenvalue weighted by atomic mass is 16.1. The van der Waals surface area contributed by atoms with Crippen molar-refractivity contribution in [1.29, 1.82) is 0 Å². The van der Waals surface area contributed by atoms with E-state index in [1.54, 1.807) is 7.05 Å². The largest absolute Gasteiger partial charge is 0.313 e. The van der Waals surface area contributed by atoms with Gasteiger partial charge in [-0.25, -0.2) is 0 Å². The molecule has 0 heterocycles. The molecule has 2 heteroatoms. The molecule has 0 radical (unpaired) electrons. The maximum absolute atomic E-state index is 11.5. The van der Waals surface area contributed by atoms with E-state index in [4.69, 9.17) is 0 Å². The van der Waals surface area contributed by atoms with Crippen molar-refractivity contribution in [2.75, 3.05) is 13.6 Å². The minimum absolute atomic E-state index is 0.147. The monoisotopic (exact) mass is 205 g/mol. The van der Waals surface area contributed by atoms with Gasteiger partial charge in [-0.1, -0.05) is 38.1 Å². The summed E-state index contributed by atoms with van der Waals surface area (Å²) < 4.78 is 0. The van der Waals surface area contributed by atoms with Crippen molar-refractivity contribution in [2.24, 2.45) is 5.92 Å². The van der Waals surface area contributed by atoms with Gasteiger partial charge in [0.05, 0.1) is 6.54 Å². The molecule has 15 heavy (non-hydrogen) atoms. The van der Waals surface area contributed by atoms with E-state index in [1.807, 2.05) is 24.3 Å². The van der Waals surface area contributed by atoms with Crippen molar-refractivity contribution in [3.63, 3.8) is 0 Å². The molecule has 0 spiro atoms. The average Bonchev–Trinajstić information content (AvgIpc) is 2.18. The van der Waals surface area contributed by atoms with Crippen LogP contribution in [0.1, 0.15) is 29.8 Å². The molecular weight excluding hydrogens is 186 g/mol. The summed E-state index contributed by atoms with van der Waals surface area (Å²) in [4.78, 5) is 11.5. The van der Waals surface area contributed by atoms with Gasteiger partial charge in [0.2, 0.25) is 0 Å². The van der Waals surface area contributed by atoms with E-state index in [9.17, 15) is 4.79 Å². The Morgan fingerprint density at radius 2 is 1.87 bits per heavy atom. The summed E-state index contributed by atoms with van der Waals surface area (Å²) in [6.45, 7) is 4.80. The van der Waals surface area contributed by atoms with E-state index < -0.39 is 0 Å². The smallest absolute Gasteiger partial charge is 0.176 e. The molecular formula is C13H19NO. The minimum atomic E-state index is 0.147. The number of hydrogen-bond acceptors (Lipinski definition) is 2. The quantitative estimate of drug-likeness (QED) is 0.747. The van der Waals surface area contributed by atoms with E-state index in [1.165, 1.54) is 5.56 Å². The normalized spacial score (nSPS) is 10.7. The third-order valence-electron chi connectivity index (χ3n) is 2.26. The first-order chi connectivity index (χ1) is 7.13. The molecule has 1 rings (SSSR count). The number of rotatable bonds is 5. The number of ketones is 1. The summed E-state index contributed by atoms with van der Waals surface area (Å²) in [6, 6.07) is 7.92. The predicted octanol–water partition coefficient (Wildman–Crippen LogP) is 2.29. The Hall–Kier alpha value is -1.15. The van der Waals surface area contributed by atoms with Crippen molar-refractivity contribution < 1.29 is 4.79 Å². The van der Waals surface area contributed by atoms with Gasteiger partial charge in [-0.3, -0.25) is 4.79 Å². The molecule has 1 aromatic rings. The summed E-state index contributed by atoms with van der Waals surface area (Å²) in [5, 5.41) is 2.86. The van der Waals surface area contributed by atoms with E-state index >= 15 is 0 Å². The van der Waals surface area contributed by atoms with Gasteiger partial charge in [0, 0.05) is 5.56 Å². The zero-order valence-electron chi connectivity index (χ0n) is 9.71. The molecule has 0 amide bonds. The van der Waals surface area contributed by atoms with Crippen LogP contribution in [-0.2, 0) is 6.42 Å². The maximum atomic E-state index is 11.5. The van der Waals surface area contributed by atoms with Crippen LogP contribution in [0.25, 0.3) is 0 Å². The summed E-state index contributed by atoms with van der Waals surface area (Å²) in [6.07, 6.45) is 1.07. The van der Waals surface area contributed by atoms with Crippen molar-refractivity contribution in [3.8, 4) is 0 Å². The van der Waals surface area contributed by atoms with Crippen LogP contribution in [0, 0.1) is 5.92 Å². The molecule has 0 aliphatic carbocycles. The molecule has 1 aromatic carbocycles. The lowest BCUT2D eigenvalue weighted by molar-refractivity contribution is 0.0993. The lowest BCUT2D eigenvalue weighted by Crippen LogP contribution is -2.18. The van der Waals surface area contributed by atoms with Crippen LogP contribution in [0.15, 0.2) is 24.3 Å². The molecule has 1 N–H and O–H groups in total. The van der Waals surface area contributed by atoms with Gasteiger partial charge in [0.15, 0.2) is 5.78 Å². The van der Waals surface area contributed by atoms with E-state index in [2.05, 4.69) is 19.2 Å². The number of Topliss-reactive ketones (excluding diaryl/α,β-unsaturated/α-hetero) is 1. The van der Waals surface area contributed by atoms with Gasteiger partial charge in [0.1, 0.15) is 0 Å². The second-order valence-corrected chi connectivity index (χ2v) is 4.25. The Bertz CT molecular complexity index is 314. The average molecular weight is 205 g/mol. The number of nitrogens with one attached hydrogen (secondary N) is 1. The Morgan fingerprint density at radius 3 is 2.33 bits per heavy atom. The van der Waals surface area contributed by atoms with Crippen LogP contribution in [0.5, 0.6) is 0 Å². The maximum Gasteiger partial charge on any atom is 0.176 e. The third kappa shape index (κ3) is 3.84. The molecule has 2 nitrogen and oxygen atoms in total. The van der Waals surface area contributed by atoms with E-state index in [0.717, 1.165) is 12.0 Å². The molecule has 82 valence electrons. The number of carbonyl (C=O) groups is 1. The second kappa shape index (κ2) is 5.66. The highest BCUT2D eigenvalue weighted by Crippen LogP contribution is 2.09. The van der Waals surface area contributed by atoms with Crippen LogP contribution in [-0.4, -0.2) is 19.4 Å². The van der Waals surface area contributed by atoms with Crippen LogP contribution in [0.2, 0.25) is 0 Å². The van der Waals surface area contributed by atoms with Crippen molar-refractivity contribution in [2.45, 2.75) is 20.3 Å². The van der Waals surface area contributed by atoms with Gasteiger partial charge >= 0.3 is 0 Å². The predicted molar refractivity (Wildman–Crippen MR) is 63.2 cm³/mol. The number of carbonyl (C=O) groups excluding carboxylic acids is 1. The van der Waals surface area contributed by atoms with Crippen LogP contribution >= 0.6 is 0 Å². The second-order valence-electron chi connectivity index (χ2n) is 4.25. The van der Waals surface area contributed by atoms with Gasteiger partial charge < -0.3 is 5.32 Å². The standard InChI is InChI=1S/C13H19NO/c1-10(2)8-11-4-6-12(7-5-11)13(15)9-14-3/h4-7,10,14H,8-9H2,1-3H3. The Kier molecular flexibility index (Phi) is 4.50. The first-order valence-corrected chi connectivity index (χ1v) is 5.40. The molecule has 0 aliphatic rings. The van der Waals surface area contributed by atoms with E-state index in [0.29, 0.717) is 12.5 Å². The van der Waals surface area contributed by atoms with E-state index in [-0.39, 0.29) is 5.78 Å². The molecule has 0 unspecified atom stereocenters. The first kappa shape index (κ1) is 11.9. The van der Waals surface area contributed by atoms with Crippen LogP contribution < -0.4 is 5.32 Å². The lowest BCUT2D eigenvalue weighted by atomic mass is 10.0. The summed E-state index contributed by atoms with van der Waals surface area (Å²) in [5.41, 5.74) is 2.09. The van der Waals surface area contributed by atoms with Crippen LogP contribution in [0.4, 0.5) is 0 Å². The molecule has 0 aliphatic heterocycles. The van der Waals surface area contributed by atoms with Gasteiger partial charge in [-0.05, 0) is 24.9 Å². The molecule has 0 bridgehead atoms. The summed E-state index contributed by atoms with van der Waals surface area (Å²) in [5.74, 6) is 0.803. The summed E-state index contributed by atoms with van der Waals surface area (Å²) in [7, 11) is 1.78. The van der Waals surface area contributed by atoms with Crippen molar-refractivity contribution in [1.82, 2.24) is 5.32 Å². The molecule has 0 aromatic heterocycles. The SMILES string of the molecule is CNCC(=O)c1ccc(CC(C)C)cc1. The van der Waals surface area contributed by atoms with Gasteiger partial charge in [0.25, 0.3) is 0 Å². The fraction of sp³-hybridized carbons (Fsp3) is 0.462. The fourth-order valence-corrected chi connectivity index (χ4v) is 1.56. The molecule has 0 saturated carbocycles. The highest BCUT2D eigenvalue weighted by Gasteiger charge is 2.04. The first-order valence-electron chi connectivity index (χ1n) is 5.40. The zero-order valence-corrected chi connectivity index (χ0v) is 9.71. The Balaban J connectivity index is 2.67. The highest BCUT2D eigenvalue weighted by molar-refractivity contribution is 5.97. The topological polar surface area (TPSA) is 29.1 Å². The lowest BCUT2D eigenvalue weighted by Gasteiger charge is -2.05. The third-order valence-corrected chi connectivity index (χ3v) is 2.26. The van der Waals surface area contributed by atoms with Crippen molar-refractivity contribution in [3.05, 3.63) is 35.4 Å². The number of benzene rings is 1. The van der Waals surface area contributed by atoms with Crippen LogP contribution in [0.3, 0.4) is 0 Å². The zero-order chi connectivity index (χ0) is 11.3. The minimum Gasteiger partial charge on any atom is -0.313 e. The van der Waals surface area contributed by atoms with Gasteiger partial charge in [-0.15, -0.1) is 0 Å². The van der Waals surface area contributed by atoms with Gasteiger partial charge in [-0.2, -0.15) is 0 Å². The molecule has 0 fully saturated rings. The molecule has 0 saturated heterocycles. The molecule has 0 atom stereocenters. The fourth-order valence-electron chi connectivity index (χ4n) is 1.56. The Morgan fingerprint density at radius 1 is 1.27 bits per heavy atom. The Labute approximate surface area is 91.7 Å².